The molecule has 1 aliphatic rings. The van der Waals surface area contributed by atoms with Crippen molar-refractivity contribution in [3.63, 3.8) is 0 Å². The van der Waals surface area contributed by atoms with Crippen LogP contribution in [-0.4, -0.2) is 22.3 Å². The molecule has 2 aromatic rings. The number of piperidine rings is 1. The van der Waals surface area contributed by atoms with Crippen molar-refractivity contribution in [1.29, 1.82) is 0 Å². The van der Waals surface area contributed by atoms with Gasteiger partial charge in [0.05, 0.1) is 11.7 Å². The third-order valence-corrected chi connectivity index (χ3v) is 4.75. The summed E-state index contributed by atoms with van der Waals surface area (Å²) in [6.45, 7) is 8.03. The first kappa shape index (κ1) is 17.7. The summed E-state index contributed by atoms with van der Waals surface area (Å²) in [4.78, 5) is 18.6. The number of carbonyl (C=O) groups is 1. The Morgan fingerprint density at radius 3 is 2.80 bits per heavy atom. The number of hydrogen-bond donors (Lipinski definition) is 1. The third-order valence-electron chi connectivity index (χ3n) is 4.75. The van der Waals surface area contributed by atoms with Crippen LogP contribution in [0.3, 0.4) is 0 Å². The predicted octanol–water partition coefficient (Wildman–Crippen LogP) is 3.80. The molecule has 5 heteroatoms. The number of rotatable bonds is 4. The number of likely N-dealkylation sites (tertiary alicyclic amines) is 1. The second-order valence-corrected chi connectivity index (χ2v) is 7.82. The second kappa shape index (κ2) is 7.00. The van der Waals surface area contributed by atoms with Crippen LogP contribution < -0.4 is 5.73 Å². The van der Waals surface area contributed by atoms with Crippen molar-refractivity contribution in [2.75, 3.05) is 6.54 Å². The lowest BCUT2D eigenvalue weighted by atomic mass is 9.89. The maximum Gasteiger partial charge on any atom is 0.284 e. The van der Waals surface area contributed by atoms with E-state index in [1.54, 1.807) is 0 Å². The van der Waals surface area contributed by atoms with Crippen molar-refractivity contribution in [3.8, 4) is 0 Å². The lowest BCUT2D eigenvalue weighted by molar-refractivity contribution is 0.0970. The van der Waals surface area contributed by atoms with Gasteiger partial charge in [0.15, 0.2) is 5.76 Å². The van der Waals surface area contributed by atoms with Gasteiger partial charge in [-0.25, -0.2) is 0 Å². The molecule has 1 saturated heterocycles. The molecule has 0 aromatic carbocycles. The van der Waals surface area contributed by atoms with Gasteiger partial charge < -0.3 is 10.2 Å². The van der Waals surface area contributed by atoms with Gasteiger partial charge in [0.25, 0.3) is 5.91 Å². The molecule has 1 aliphatic heterocycles. The van der Waals surface area contributed by atoms with E-state index in [4.69, 9.17) is 10.2 Å². The van der Waals surface area contributed by atoms with Crippen LogP contribution >= 0.6 is 0 Å². The van der Waals surface area contributed by atoms with Crippen LogP contribution in [0.25, 0.3) is 0 Å². The van der Waals surface area contributed by atoms with Crippen LogP contribution in [0, 0.1) is 0 Å². The molecule has 2 N–H and O–H groups in total. The van der Waals surface area contributed by atoms with Crippen molar-refractivity contribution in [1.82, 2.24) is 9.88 Å². The van der Waals surface area contributed by atoms with Crippen LogP contribution in [0.5, 0.6) is 0 Å². The molecule has 0 saturated carbocycles. The lowest BCUT2D eigenvalue weighted by Crippen LogP contribution is -2.34. The van der Waals surface area contributed by atoms with Crippen molar-refractivity contribution in [3.05, 3.63) is 53.2 Å². The van der Waals surface area contributed by atoms with Crippen LogP contribution in [0.4, 0.5) is 0 Å². The smallest absolute Gasteiger partial charge is 0.284 e. The molecule has 3 rings (SSSR count). The fraction of sp³-hybridized carbons (Fsp3) is 0.500. The fourth-order valence-electron chi connectivity index (χ4n) is 3.61. The molecule has 0 bridgehead atoms. The molecule has 2 aromatic heterocycles. The standard InChI is InChI=1S/C20H27N3O2/c1-20(2,3)18-14(12-17(25-18)19(21)24)13-23-11-7-5-9-16(23)15-8-4-6-10-22-15/h4,6,8,10,12,16H,5,7,9,11,13H2,1-3H3,(H2,21,24)/t16-/m1/s1. The second-order valence-electron chi connectivity index (χ2n) is 7.82. The summed E-state index contributed by atoms with van der Waals surface area (Å²) in [7, 11) is 0. The Morgan fingerprint density at radius 1 is 1.36 bits per heavy atom. The van der Waals surface area contributed by atoms with Crippen molar-refractivity contribution in [2.45, 2.75) is 58.0 Å². The van der Waals surface area contributed by atoms with Gasteiger partial charge in [0.1, 0.15) is 5.76 Å². The average Bonchev–Trinajstić information content (AvgIpc) is 3.01. The summed E-state index contributed by atoms with van der Waals surface area (Å²) < 4.78 is 5.81. The number of aromatic nitrogens is 1. The topological polar surface area (TPSA) is 72.4 Å². The van der Waals surface area contributed by atoms with Gasteiger partial charge in [-0.1, -0.05) is 33.3 Å². The molecule has 5 nitrogen and oxygen atoms in total. The molecular formula is C20H27N3O2. The number of primary amides is 1. The summed E-state index contributed by atoms with van der Waals surface area (Å²) in [6.07, 6.45) is 5.34. The van der Waals surface area contributed by atoms with Crippen LogP contribution in [0.15, 0.2) is 34.9 Å². The first-order chi connectivity index (χ1) is 11.9. The summed E-state index contributed by atoms with van der Waals surface area (Å²) in [5, 5.41) is 0. The van der Waals surface area contributed by atoms with Gasteiger partial charge >= 0.3 is 0 Å². The molecule has 0 aliphatic carbocycles. The molecule has 0 radical (unpaired) electrons. The van der Waals surface area contributed by atoms with Gasteiger partial charge in [-0.15, -0.1) is 0 Å². The van der Waals surface area contributed by atoms with Gasteiger partial charge in [-0.2, -0.15) is 0 Å². The van der Waals surface area contributed by atoms with E-state index in [2.05, 4.69) is 36.7 Å². The lowest BCUT2D eigenvalue weighted by Gasteiger charge is -2.35. The van der Waals surface area contributed by atoms with E-state index in [1.807, 2.05) is 24.4 Å². The highest BCUT2D eigenvalue weighted by atomic mass is 16.4. The minimum Gasteiger partial charge on any atom is -0.455 e. The molecule has 0 unspecified atom stereocenters. The number of hydrogen-bond acceptors (Lipinski definition) is 4. The number of pyridine rings is 1. The van der Waals surface area contributed by atoms with Crippen LogP contribution in [0.1, 0.15) is 73.6 Å². The molecule has 134 valence electrons. The SMILES string of the molecule is CC(C)(C)c1oc(C(N)=O)cc1CN1CCCC[C@@H]1c1ccccn1. The number of carbonyl (C=O) groups excluding carboxylic acids is 1. The van der Waals surface area contributed by atoms with Crippen molar-refractivity contribution < 1.29 is 9.21 Å². The summed E-state index contributed by atoms with van der Waals surface area (Å²) in [5.74, 6) is 0.564. The van der Waals surface area contributed by atoms with E-state index < -0.39 is 5.91 Å². The summed E-state index contributed by atoms with van der Waals surface area (Å²) >= 11 is 0. The predicted molar refractivity (Wildman–Crippen MR) is 97.2 cm³/mol. The van der Waals surface area contributed by atoms with Gasteiger partial charge in [-0.3, -0.25) is 14.7 Å². The summed E-state index contributed by atoms with van der Waals surface area (Å²) in [6, 6.07) is 8.20. The molecule has 3 heterocycles. The first-order valence-electron chi connectivity index (χ1n) is 8.94. The molecule has 0 spiro atoms. The Kier molecular flexibility index (Phi) is 4.95. The number of amides is 1. The zero-order valence-electron chi connectivity index (χ0n) is 15.3. The summed E-state index contributed by atoms with van der Waals surface area (Å²) in [5.41, 5.74) is 7.41. The zero-order valence-corrected chi connectivity index (χ0v) is 15.3. The number of nitrogens with zero attached hydrogens (tertiary/aromatic N) is 2. The molecular weight excluding hydrogens is 314 g/mol. The van der Waals surface area contributed by atoms with E-state index in [9.17, 15) is 4.79 Å². The van der Waals surface area contributed by atoms with Gasteiger partial charge in [0, 0.05) is 23.7 Å². The Bertz CT molecular complexity index is 731. The largest absolute Gasteiger partial charge is 0.455 e. The van der Waals surface area contributed by atoms with E-state index in [0.29, 0.717) is 6.04 Å². The fourth-order valence-corrected chi connectivity index (χ4v) is 3.61. The molecule has 1 atom stereocenters. The normalized spacial score (nSPS) is 19.1. The van der Waals surface area contributed by atoms with Gasteiger partial charge in [0.2, 0.25) is 0 Å². The molecule has 1 fully saturated rings. The van der Waals surface area contributed by atoms with Gasteiger partial charge in [-0.05, 0) is 37.6 Å². The highest BCUT2D eigenvalue weighted by Crippen LogP contribution is 2.35. The van der Waals surface area contributed by atoms with Crippen LogP contribution in [0.2, 0.25) is 0 Å². The number of furan rings is 1. The van der Waals surface area contributed by atoms with E-state index in [1.165, 1.54) is 12.8 Å². The maximum atomic E-state index is 11.6. The van der Waals surface area contributed by atoms with E-state index in [0.717, 1.165) is 36.5 Å². The van der Waals surface area contributed by atoms with Crippen molar-refractivity contribution in [2.24, 2.45) is 5.73 Å². The minimum absolute atomic E-state index is 0.181. The maximum absolute atomic E-state index is 11.6. The quantitative estimate of drug-likeness (QED) is 0.918. The van der Waals surface area contributed by atoms with Crippen molar-refractivity contribution >= 4 is 5.91 Å². The Morgan fingerprint density at radius 2 is 2.16 bits per heavy atom. The highest BCUT2D eigenvalue weighted by Gasteiger charge is 2.30. The number of nitrogens with two attached hydrogens (primary N) is 1. The average molecular weight is 341 g/mol. The molecule has 25 heavy (non-hydrogen) atoms. The monoisotopic (exact) mass is 341 g/mol. The van der Waals surface area contributed by atoms with E-state index in [-0.39, 0.29) is 11.2 Å². The Balaban J connectivity index is 1.90. The molecule has 1 amide bonds. The minimum atomic E-state index is -0.517. The Hall–Kier alpha value is -2.14. The highest BCUT2D eigenvalue weighted by molar-refractivity contribution is 5.90. The zero-order chi connectivity index (χ0) is 18.0. The first-order valence-corrected chi connectivity index (χ1v) is 8.94. The third kappa shape index (κ3) is 3.93. The Labute approximate surface area is 149 Å². The van der Waals surface area contributed by atoms with E-state index >= 15 is 0 Å². The van der Waals surface area contributed by atoms with Crippen LogP contribution in [-0.2, 0) is 12.0 Å².